The largest absolute Gasteiger partial charge is 0.497 e. The number of rotatable bonds is 9. The molecule has 0 fully saturated rings. The number of ether oxygens (including phenoxy) is 1. The summed E-state index contributed by atoms with van der Waals surface area (Å²) in [6.07, 6.45) is 2.11. The first-order chi connectivity index (χ1) is 14.2. The number of aryl methyl sites for hydroxylation is 1. The third kappa shape index (κ3) is 4.38. The van der Waals surface area contributed by atoms with Crippen LogP contribution in [0, 0.1) is 11.3 Å². The zero-order valence-corrected chi connectivity index (χ0v) is 18.1. The lowest BCUT2D eigenvalue weighted by atomic mass is 10.1. The molecule has 0 aliphatic heterocycles. The molecule has 2 aromatic carbocycles. The molecule has 3 rings (SSSR count). The zero-order chi connectivity index (χ0) is 20.8. The molecule has 0 radical (unpaired) electrons. The predicted octanol–water partition coefficient (Wildman–Crippen LogP) is 5.92. The van der Waals surface area contributed by atoms with Gasteiger partial charge in [0.05, 0.1) is 23.9 Å². The molecule has 6 nitrogen and oxygen atoms in total. The van der Waals surface area contributed by atoms with Crippen LogP contribution in [0.25, 0.3) is 22.2 Å². The van der Waals surface area contributed by atoms with E-state index in [-0.39, 0.29) is 0 Å². The van der Waals surface area contributed by atoms with Crippen LogP contribution in [0.4, 0.5) is 5.69 Å². The summed E-state index contributed by atoms with van der Waals surface area (Å²) in [5, 5.41) is 14.1. The fraction of sp³-hybridized carbons (Fsp3) is 0.318. The number of nitrogens with zero attached hydrogens (tertiary/aromatic N) is 2. The van der Waals surface area contributed by atoms with E-state index in [2.05, 4.69) is 22.6 Å². The van der Waals surface area contributed by atoms with E-state index in [0.717, 1.165) is 53.0 Å². The molecule has 7 heteroatoms. The number of nitrogens with one attached hydrogen (secondary N) is 1. The molecular formula is C22H26N3O3P. The number of nitriles is 1. The molecule has 152 valence electrons. The molecule has 0 unspecified atom stereocenters. The molecule has 3 aromatic rings. The average Bonchev–Trinajstić information content (AvgIpc) is 3.08. The van der Waals surface area contributed by atoms with Gasteiger partial charge in [-0.2, -0.15) is 5.26 Å². The molecule has 0 amide bonds. The van der Waals surface area contributed by atoms with E-state index in [0.29, 0.717) is 5.56 Å². The molecule has 1 heterocycles. The van der Waals surface area contributed by atoms with Crippen molar-refractivity contribution in [3.63, 3.8) is 0 Å². The third-order valence-electron chi connectivity index (χ3n) is 4.83. The Hall–Kier alpha value is -2.58. The summed E-state index contributed by atoms with van der Waals surface area (Å²) in [7, 11) is 3.71. The van der Waals surface area contributed by atoms with Crippen LogP contribution < -0.4 is 9.82 Å². The number of anilines is 1. The van der Waals surface area contributed by atoms with Crippen molar-refractivity contribution in [2.75, 3.05) is 26.4 Å². The lowest BCUT2D eigenvalue weighted by molar-refractivity contribution is 0.345. The van der Waals surface area contributed by atoms with E-state index in [9.17, 15) is 5.26 Å². The van der Waals surface area contributed by atoms with Gasteiger partial charge in [-0.15, -0.1) is 0 Å². The highest BCUT2D eigenvalue weighted by Crippen LogP contribution is 2.39. The second-order valence-electron chi connectivity index (χ2n) is 6.54. The number of unbranched alkanes of at least 4 members (excludes halogenated alkanes) is 1. The van der Waals surface area contributed by atoms with Gasteiger partial charge in [-0.25, -0.2) is 0 Å². The molecule has 1 aromatic heterocycles. The second kappa shape index (κ2) is 9.76. The Kier molecular flexibility index (Phi) is 7.11. The van der Waals surface area contributed by atoms with Gasteiger partial charge in [-0.1, -0.05) is 25.5 Å². The van der Waals surface area contributed by atoms with Crippen LogP contribution in [0.5, 0.6) is 5.75 Å². The summed E-state index contributed by atoms with van der Waals surface area (Å²) in [4.78, 5) is 0. The van der Waals surface area contributed by atoms with Gasteiger partial charge in [-0.05, 0) is 36.2 Å². The first-order valence-corrected chi connectivity index (χ1v) is 10.7. The molecule has 0 bridgehead atoms. The standard InChI is InChI=1S/C22H26N3O3P/c1-5-6-13-25-21-14-18(26-2)11-12-19(21)20(15-23)22(25)16-7-9-17(10-8-16)24-29(27-3)28-4/h7-12,14,24H,5-6,13H2,1-4H3. The van der Waals surface area contributed by atoms with Crippen molar-refractivity contribution in [1.82, 2.24) is 4.57 Å². The Morgan fingerprint density at radius 2 is 1.79 bits per heavy atom. The summed E-state index contributed by atoms with van der Waals surface area (Å²) in [5.74, 6) is 0.788. The van der Waals surface area contributed by atoms with Gasteiger partial charge in [0.2, 0.25) is 0 Å². The minimum absolute atomic E-state index is 0.690. The van der Waals surface area contributed by atoms with Crippen LogP contribution in [0.3, 0.4) is 0 Å². The molecule has 0 atom stereocenters. The summed E-state index contributed by atoms with van der Waals surface area (Å²) in [6.45, 7) is 3.01. The Morgan fingerprint density at radius 3 is 2.38 bits per heavy atom. The monoisotopic (exact) mass is 411 g/mol. The molecular weight excluding hydrogens is 385 g/mol. The van der Waals surface area contributed by atoms with Gasteiger partial charge >= 0.3 is 0 Å². The van der Waals surface area contributed by atoms with Gasteiger partial charge in [-0.3, -0.25) is 0 Å². The van der Waals surface area contributed by atoms with Crippen LogP contribution in [0.2, 0.25) is 0 Å². The van der Waals surface area contributed by atoms with Crippen molar-refractivity contribution in [1.29, 1.82) is 5.26 Å². The number of fused-ring (bicyclic) bond motifs is 1. The summed E-state index contributed by atoms with van der Waals surface area (Å²) < 4.78 is 18.2. The van der Waals surface area contributed by atoms with Crippen molar-refractivity contribution in [2.45, 2.75) is 26.3 Å². The maximum atomic E-state index is 9.94. The van der Waals surface area contributed by atoms with Crippen LogP contribution in [0.1, 0.15) is 25.3 Å². The van der Waals surface area contributed by atoms with Crippen LogP contribution in [-0.4, -0.2) is 25.9 Å². The molecule has 0 aliphatic carbocycles. The zero-order valence-electron chi connectivity index (χ0n) is 17.2. The molecule has 29 heavy (non-hydrogen) atoms. The molecule has 0 saturated heterocycles. The second-order valence-corrected chi connectivity index (χ2v) is 8.00. The van der Waals surface area contributed by atoms with Gasteiger partial charge in [0.15, 0.2) is 0 Å². The summed E-state index contributed by atoms with van der Waals surface area (Å²) >= 11 is 0. The van der Waals surface area contributed by atoms with Crippen molar-refractivity contribution in [3.05, 3.63) is 48.0 Å². The Labute approximate surface area is 173 Å². The molecule has 0 saturated carbocycles. The number of benzene rings is 2. The highest BCUT2D eigenvalue weighted by Gasteiger charge is 2.19. The Morgan fingerprint density at radius 1 is 1.07 bits per heavy atom. The molecule has 1 N–H and O–H groups in total. The fourth-order valence-corrected chi connectivity index (χ4v) is 4.08. The van der Waals surface area contributed by atoms with Gasteiger partial charge in [0, 0.05) is 37.9 Å². The van der Waals surface area contributed by atoms with E-state index in [1.165, 1.54) is 0 Å². The minimum Gasteiger partial charge on any atom is -0.497 e. The summed E-state index contributed by atoms with van der Waals surface area (Å²) in [6, 6.07) is 16.3. The normalized spacial score (nSPS) is 11.0. The number of hydrogen-bond acceptors (Lipinski definition) is 5. The maximum absolute atomic E-state index is 9.94. The third-order valence-corrected chi connectivity index (χ3v) is 5.93. The van der Waals surface area contributed by atoms with Crippen LogP contribution >= 0.6 is 8.53 Å². The topological polar surface area (TPSA) is 68.4 Å². The molecule has 0 spiro atoms. The lowest BCUT2D eigenvalue weighted by Crippen LogP contribution is -2.01. The highest BCUT2D eigenvalue weighted by molar-refractivity contribution is 7.48. The smallest absolute Gasteiger partial charge is 0.286 e. The summed E-state index contributed by atoms with van der Waals surface area (Å²) in [5.41, 5.74) is 4.55. The number of aromatic nitrogens is 1. The van der Waals surface area contributed by atoms with E-state index in [1.54, 1.807) is 21.3 Å². The van der Waals surface area contributed by atoms with Gasteiger partial charge in [0.1, 0.15) is 11.8 Å². The van der Waals surface area contributed by atoms with Crippen LogP contribution in [0.15, 0.2) is 42.5 Å². The number of methoxy groups -OCH3 is 1. The van der Waals surface area contributed by atoms with E-state index in [4.69, 9.17) is 13.8 Å². The van der Waals surface area contributed by atoms with E-state index >= 15 is 0 Å². The molecule has 0 aliphatic rings. The fourth-order valence-electron chi connectivity index (χ4n) is 3.39. The van der Waals surface area contributed by atoms with Crippen molar-refractivity contribution >= 4 is 25.1 Å². The first-order valence-electron chi connectivity index (χ1n) is 9.52. The van der Waals surface area contributed by atoms with Crippen molar-refractivity contribution in [3.8, 4) is 23.1 Å². The van der Waals surface area contributed by atoms with Crippen LogP contribution in [-0.2, 0) is 15.6 Å². The Bertz CT molecular complexity index is 1000. The quantitative estimate of drug-likeness (QED) is 0.443. The van der Waals surface area contributed by atoms with Crippen molar-refractivity contribution < 1.29 is 13.8 Å². The number of hydrogen-bond donors (Lipinski definition) is 1. The van der Waals surface area contributed by atoms with Gasteiger partial charge < -0.3 is 23.4 Å². The lowest BCUT2D eigenvalue weighted by Gasteiger charge is -2.15. The maximum Gasteiger partial charge on any atom is 0.286 e. The SMILES string of the molecule is CCCCn1c(-c2ccc(NP(OC)OC)cc2)c(C#N)c2ccc(OC)cc21. The first kappa shape index (κ1) is 21.1. The average molecular weight is 411 g/mol. The van der Waals surface area contributed by atoms with Gasteiger partial charge in [0.25, 0.3) is 8.53 Å². The minimum atomic E-state index is -1.16. The van der Waals surface area contributed by atoms with Crippen molar-refractivity contribution in [2.24, 2.45) is 0 Å². The Balaban J connectivity index is 2.11. The predicted molar refractivity (Wildman–Crippen MR) is 118 cm³/mol. The highest BCUT2D eigenvalue weighted by atomic mass is 31.2. The van der Waals surface area contributed by atoms with E-state index in [1.807, 2.05) is 42.5 Å². The van der Waals surface area contributed by atoms with E-state index < -0.39 is 8.53 Å².